The van der Waals surface area contributed by atoms with Gasteiger partial charge in [-0.15, -0.1) is 0 Å². The third-order valence-corrected chi connectivity index (χ3v) is 6.34. The Balaban J connectivity index is 0. The van der Waals surface area contributed by atoms with E-state index in [-0.39, 0.29) is 60.0 Å². The van der Waals surface area contributed by atoms with Gasteiger partial charge in [0.05, 0.1) is 0 Å². The van der Waals surface area contributed by atoms with Crippen molar-refractivity contribution < 1.29 is 52.1 Å². The molecule has 0 saturated heterocycles. The van der Waals surface area contributed by atoms with Gasteiger partial charge < -0.3 is 4.55 Å². The number of unbranched alkanes of at least 4 members (excludes halogenated alkanes) is 2. The van der Waals surface area contributed by atoms with Gasteiger partial charge in [-0.1, -0.05) is 79.1 Å². The molecular weight excluding hydrogens is 375 g/mol. The zero-order valence-electron chi connectivity index (χ0n) is 18.0. The minimum atomic E-state index is -4.81. The Hall–Kier alpha value is 0.250. The molecule has 7 heteroatoms. The topological polar surface area (TPSA) is 91.3 Å². The van der Waals surface area contributed by atoms with Crippen LogP contribution in [-0.4, -0.2) is 29.8 Å². The Morgan fingerprint density at radius 2 is 1.26 bits per heavy atom. The molecule has 0 saturated carbocycles. The van der Waals surface area contributed by atoms with E-state index in [0.717, 1.165) is 51.4 Å². The number of hydrogen-bond acceptors (Lipinski definition) is 5. The molecule has 0 N–H and O–H groups in total. The van der Waals surface area contributed by atoms with Crippen LogP contribution < -0.4 is 29.6 Å². The van der Waals surface area contributed by atoms with E-state index in [1.165, 1.54) is 0 Å². The normalized spacial score (nSPS) is 14.9. The van der Waals surface area contributed by atoms with Gasteiger partial charge in [0.1, 0.15) is 21.2 Å². The van der Waals surface area contributed by atoms with Crippen LogP contribution in [-0.2, 0) is 19.7 Å². The van der Waals surface area contributed by atoms with E-state index in [1.54, 1.807) is 0 Å². The zero-order chi connectivity index (χ0) is 20.2. The maximum Gasteiger partial charge on any atom is 1.00 e. The molecule has 0 spiro atoms. The Kier molecular flexibility index (Phi) is 17.6. The predicted octanol–water partition coefficient (Wildman–Crippen LogP) is 1.65. The predicted molar refractivity (Wildman–Crippen MR) is 104 cm³/mol. The smallest absolute Gasteiger partial charge is 0.747 e. The van der Waals surface area contributed by atoms with Crippen molar-refractivity contribution in [1.82, 2.24) is 0 Å². The molecule has 0 amide bonds. The van der Waals surface area contributed by atoms with Gasteiger partial charge in [0.25, 0.3) is 0 Å². The second-order valence-electron chi connectivity index (χ2n) is 7.43. The first-order valence-electron chi connectivity index (χ1n) is 10.2. The maximum absolute atomic E-state index is 12.5. The Morgan fingerprint density at radius 1 is 0.815 bits per heavy atom. The molecule has 0 aliphatic heterocycles. The first-order valence-corrected chi connectivity index (χ1v) is 11.7. The van der Waals surface area contributed by atoms with Gasteiger partial charge in [0.15, 0.2) is 5.78 Å². The van der Waals surface area contributed by atoms with Crippen LogP contribution in [0, 0.1) is 11.8 Å². The van der Waals surface area contributed by atoms with Crippen molar-refractivity contribution in [2.75, 3.05) is 0 Å². The van der Waals surface area contributed by atoms with Gasteiger partial charge >= 0.3 is 29.6 Å². The van der Waals surface area contributed by atoms with E-state index < -0.39 is 27.6 Å². The summed E-state index contributed by atoms with van der Waals surface area (Å²) in [6.07, 6.45) is 7.24. The second kappa shape index (κ2) is 16.1. The minimum Gasteiger partial charge on any atom is -0.747 e. The van der Waals surface area contributed by atoms with Gasteiger partial charge in [-0.2, -0.15) is 0 Å². The van der Waals surface area contributed by atoms with Crippen LogP contribution in [0.2, 0.25) is 0 Å². The molecular formula is C20H37NaO5S. The molecule has 27 heavy (non-hydrogen) atoms. The number of carbonyl (C=O) groups excluding carboxylic acids is 2. The number of ketones is 2. The third kappa shape index (κ3) is 13.2. The summed E-state index contributed by atoms with van der Waals surface area (Å²) in [7, 11) is -4.81. The molecule has 0 aliphatic rings. The summed E-state index contributed by atoms with van der Waals surface area (Å²) in [5.41, 5.74) is 0. The van der Waals surface area contributed by atoms with Gasteiger partial charge in [-0.3, -0.25) is 9.59 Å². The van der Waals surface area contributed by atoms with Crippen LogP contribution >= 0.6 is 0 Å². The molecule has 0 aromatic rings. The summed E-state index contributed by atoms with van der Waals surface area (Å²) in [5.74, 6) is -0.597. The molecule has 0 aromatic heterocycles. The molecule has 0 heterocycles. The van der Waals surface area contributed by atoms with Crippen LogP contribution in [0.15, 0.2) is 0 Å². The molecule has 0 aliphatic carbocycles. The number of carbonyl (C=O) groups is 2. The summed E-state index contributed by atoms with van der Waals surface area (Å²) in [6.45, 7) is 8.09. The van der Waals surface area contributed by atoms with Crippen LogP contribution in [0.5, 0.6) is 0 Å². The monoisotopic (exact) mass is 412 g/mol. The fourth-order valence-electron chi connectivity index (χ4n) is 3.29. The molecule has 0 radical (unpaired) electrons. The molecule has 0 fully saturated rings. The number of hydrogen-bond donors (Lipinski definition) is 0. The second-order valence-corrected chi connectivity index (χ2v) is 8.99. The Morgan fingerprint density at radius 3 is 1.63 bits per heavy atom. The molecule has 0 rings (SSSR count). The van der Waals surface area contributed by atoms with E-state index in [0.29, 0.717) is 0 Å². The summed E-state index contributed by atoms with van der Waals surface area (Å²) in [4.78, 5) is 24.8. The van der Waals surface area contributed by atoms with Crippen molar-refractivity contribution in [2.45, 2.75) is 104 Å². The van der Waals surface area contributed by atoms with Crippen molar-refractivity contribution in [3.63, 3.8) is 0 Å². The van der Waals surface area contributed by atoms with E-state index in [4.69, 9.17) is 0 Å². The SMILES string of the molecule is CCCCC(CC)CC(=O)CC(C(=O)CC(CC)CCCC)S(=O)(=O)[O-].[Na+]. The van der Waals surface area contributed by atoms with Crippen molar-refractivity contribution in [3.05, 3.63) is 0 Å². The van der Waals surface area contributed by atoms with Crippen molar-refractivity contribution in [2.24, 2.45) is 11.8 Å². The van der Waals surface area contributed by atoms with Crippen LogP contribution in [0.25, 0.3) is 0 Å². The van der Waals surface area contributed by atoms with E-state index >= 15 is 0 Å². The summed E-state index contributed by atoms with van der Waals surface area (Å²) < 4.78 is 34.8. The fourth-order valence-corrected chi connectivity index (χ4v) is 4.10. The van der Waals surface area contributed by atoms with Gasteiger partial charge in [0, 0.05) is 19.3 Å². The molecule has 3 unspecified atom stereocenters. The standard InChI is InChI=1S/C20H38O5S.Na/c1-5-9-11-16(7-3)13-18(21)15-20(26(23,24)25)19(22)14-17(8-4)12-10-6-2;/h16-17,20H,5-15H2,1-4H3,(H,23,24,25);/q;+1/p-1. The molecule has 0 bridgehead atoms. The quantitative estimate of drug-likeness (QED) is 0.284. The largest absolute Gasteiger partial charge is 1.00 e. The average molecular weight is 413 g/mol. The van der Waals surface area contributed by atoms with Crippen molar-refractivity contribution in [1.29, 1.82) is 0 Å². The Bertz CT molecular complexity index is 518. The van der Waals surface area contributed by atoms with Crippen LogP contribution in [0.4, 0.5) is 0 Å². The summed E-state index contributed by atoms with van der Waals surface area (Å²) in [6, 6.07) is 0. The number of Topliss-reactive ketones (excluding diaryl/α,β-unsaturated/α-hetero) is 2. The molecule has 0 aromatic carbocycles. The van der Waals surface area contributed by atoms with Crippen molar-refractivity contribution in [3.8, 4) is 0 Å². The van der Waals surface area contributed by atoms with Gasteiger partial charge in [-0.05, 0) is 11.8 Å². The third-order valence-electron chi connectivity index (χ3n) is 5.21. The first kappa shape index (κ1) is 29.5. The fraction of sp³-hybridized carbons (Fsp3) is 0.900. The minimum absolute atomic E-state index is 0. The summed E-state index contributed by atoms with van der Waals surface area (Å²) >= 11 is 0. The molecule has 5 nitrogen and oxygen atoms in total. The van der Waals surface area contributed by atoms with E-state index in [2.05, 4.69) is 13.8 Å². The van der Waals surface area contributed by atoms with E-state index in [9.17, 15) is 22.6 Å². The molecule has 3 atom stereocenters. The van der Waals surface area contributed by atoms with E-state index in [1.807, 2.05) is 13.8 Å². The van der Waals surface area contributed by atoms with Gasteiger partial charge in [0.2, 0.25) is 0 Å². The number of rotatable bonds is 16. The maximum atomic E-state index is 12.5. The Labute approximate surface area is 188 Å². The zero-order valence-corrected chi connectivity index (χ0v) is 20.8. The summed E-state index contributed by atoms with van der Waals surface area (Å²) in [5, 5.41) is -1.71. The van der Waals surface area contributed by atoms with Crippen molar-refractivity contribution >= 4 is 21.7 Å². The molecule has 154 valence electrons. The van der Waals surface area contributed by atoms with Gasteiger partial charge in [-0.25, -0.2) is 8.42 Å². The first-order chi connectivity index (χ1) is 12.2. The average Bonchev–Trinajstić information content (AvgIpc) is 2.58. The van der Waals surface area contributed by atoms with Crippen LogP contribution in [0.1, 0.15) is 98.3 Å². The van der Waals surface area contributed by atoms with Crippen LogP contribution in [0.3, 0.4) is 0 Å².